The molecule has 0 aliphatic heterocycles. The van der Waals surface area contributed by atoms with Crippen LogP contribution in [0.3, 0.4) is 0 Å². The third kappa shape index (κ3) is 16.6. The van der Waals surface area contributed by atoms with Gasteiger partial charge in [-0.2, -0.15) is 8.42 Å². The van der Waals surface area contributed by atoms with E-state index in [-0.39, 0.29) is 43.2 Å². The number of ketones is 1. The standard InChI is InChI=1S/C12H24O4S.Na.H/c1-2-3-4-5-6-7-8-9-12(13)10-11-17(14,15)16;;/h2-11H2,1H3,(H,14,15,16);;/q;+1;-1. The fourth-order valence-electron chi connectivity index (χ4n) is 1.65. The first kappa shape index (κ1) is 20.9. The van der Waals surface area contributed by atoms with E-state index < -0.39 is 15.9 Å². The number of carbonyl (C=O) groups excluding carboxylic acids is 1. The van der Waals surface area contributed by atoms with E-state index in [2.05, 4.69) is 6.92 Å². The zero-order valence-corrected chi connectivity index (χ0v) is 14.5. The smallest absolute Gasteiger partial charge is 1.00 e. The summed E-state index contributed by atoms with van der Waals surface area (Å²) in [5.74, 6) is -0.515. The molecule has 0 aromatic carbocycles. The first-order valence-electron chi connectivity index (χ1n) is 6.42. The normalized spacial score (nSPS) is 11.0. The third-order valence-corrected chi connectivity index (χ3v) is 3.42. The number of hydrogen-bond acceptors (Lipinski definition) is 3. The van der Waals surface area contributed by atoms with Crippen molar-refractivity contribution in [3.63, 3.8) is 0 Å². The van der Waals surface area contributed by atoms with Crippen LogP contribution in [0.1, 0.15) is 66.1 Å². The largest absolute Gasteiger partial charge is 1.00 e. The van der Waals surface area contributed by atoms with Crippen LogP contribution in [0, 0.1) is 0 Å². The molecule has 0 unspecified atom stereocenters. The predicted molar refractivity (Wildman–Crippen MR) is 69.8 cm³/mol. The molecule has 18 heavy (non-hydrogen) atoms. The summed E-state index contributed by atoms with van der Waals surface area (Å²) in [6, 6.07) is 0. The molecule has 0 fully saturated rings. The fourth-order valence-corrected chi connectivity index (χ4v) is 2.13. The summed E-state index contributed by atoms with van der Waals surface area (Å²) >= 11 is 0. The second-order valence-corrected chi connectivity index (χ2v) is 6.02. The molecule has 0 heterocycles. The maximum Gasteiger partial charge on any atom is 1.00 e. The van der Waals surface area contributed by atoms with Crippen molar-refractivity contribution in [1.29, 1.82) is 0 Å². The molecule has 104 valence electrons. The zero-order valence-electron chi connectivity index (χ0n) is 12.7. The van der Waals surface area contributed by atoms with Crippen LogP contribution in [-0.4, -0.2) is 24.5 Å². The maximum absolute atomic E-state index is 11.2. The van der Waals surface area contributed by atoms with Crippen LogP contribution in [0.2, 0.25) is 0 Å². The van der Waals surface area contributed by atoms with Gasteiger partial charge in [0.1, 0.15) is 5.78 Å². The molecule has 0 aliphatic rings. The van der Waals surface area contributed by atoms with Crippen LogP contribution in [0.4, 0.5) is 0 Å². The predicted octanol–water partition coefficient (Wildman–Crippen LogP) is 0.0906. The van der Waals surface area contributed by atoms with Gasteiger partial charge >= 0.3 is 29.6 Å². The molecule has 0 bridgehead atoms. The molecule has 0 aliphatic carbocycles. The Labute approximate surface area is 134 Å². The van der Waals surface area contributed by atoms with Crippen LogP contribution in [0.25, 0.3) is 0 Å². The van der Waals surface area contributed by atoms with Crippen LogP contribution >= 0.6 is 0 Å². The van der Waals surface area contributed by atoms with Crippen molar-refractivity contribution < 1.29 is 48.7 Å². The second-order valence-electron chi connectivity index (χ2n) is 4.45. The van der Waals surface area contributed by atoms with Crippen molar-refractivity contribution in [3.8, 4) is 0 Å². The van der Waals surface area contributed by atoms with E-state index in [4.69, 9.17) is 4.55 Å². The van der Waals surface area contributed by atoms with Gasteiger partial charge in [0.05, 0.1) is 5.75 Å². The van der Waals surface area contributed by atoms with E-state index in [1.165, 1.54) is 25.7 Å². The Bertz CT molecular complexity index is 307. The minimum absolute atomic E-state index is 0. The molecule has 0 amide bonds. The first-order chi connectivity index (χ1) is 7.95. The van der Waals surface area contributed by atoms with Crippen LogP contribution in [0.15, 0.2) is 0 Å². The van der Waals surface area contributed by atoms with E-state index in [1.807, 2.05) is 0 Å². The molecule has 4 nitrogen and oxygen atoms in total. The molecule has 0 saturated heterocycles. The van der Waals surface area contributed by atoms with Gasteiger partial charge in [0.15, 0.2) is 0 Å². The zero-order chi connectivity index (χ0) is 13.1. The van der Waals surface area contributed by atoms with Gasteiger partial charge in [-0.15, -0.1) is 0 Å². The molecule has 1 N–H and O–H groups in total. The maximum atomic E-state index is 11.2. The van der Waals surface area contributed by atoms with Gasteiger partial charge in [0, 0.05) is 12.8 Å². The topological polar surface area (TPSA) is 71.4 Å². The van der Waals surface area contributed by atoms with Gasteiger partial charge < -0.3 is 1.43 Å². The Morgan fingerprint density at radius 3 is 2.00 bits per heavy atom. The van der Waals surface area contributed by atoms with Gasteiger partial charge in [-0.3, -0.25) is 9.35 Å². The summed E-state index contributed by atoms with van der Waals surface area (Å²) in [5.41, 5.74) is 0. The number of Topliss-reactive ketones (excluding diaryl/α,β-unsaturated/α-hetero) is 1. The van der Waals surface area contributed by atoms with Gasteiger partial charge in [0.2, 0.25) is 0 Å². The van der Waals surface area contributed by atoms with E-state index in [0.717, 1.165) is 19.3 Å². The Hall–Kier alpha value is 0.580. The molecule has 0 saturated carbocycles. The second kappa shape index (κ2) is 12.6. The molecule has 0 aromatic heterocycles. The van der Waals surface area contributed by atoms with E-state index in [9.17, 15) is 13.2 Å². The van der Waals surface area contributed by atoms with Gasteiger partial charge in [0.25, 0.3) is 10.1 Å². The van der Waals surface area contributed by atoms with Gasteiger partial charge in [-0.05, 0) is 6.42 Å². The Morgan fingerprint density at radius 2 is 1.50 bits per heavy atom. The average molecular weight is 288 g/mol. The van der Waals surface area contributed by atoms with E-state index in [1.54, 1.807) is 0 Å². The third-order valence-electron chi connectivity index (χ3n) is 2.70. The molecule has 0 rings (SSSR count). The summed E-state index contributed by atoms with van der Waals surface area (Å²) in [5, 5.41) is 0. The summed E-state index contributed by atoms with van der Waals surface area (Å²) < 4.78 is 29.3. The number of unbranched alkanes of at least 4 members (excludes halogenated alkanes) is 6. The monoisotopic (exact) mass is 288 g/mol. The van der Waals surface area contributed by atoms with Crippen molar-refractivity contribution in [3.05, 3.63) is 0 Å². The Morgan fingerprint density at radius 1 is 1.00 bits per heavy atom. The van der Waals surface area contributed by atoms with Crippen molar-refractivity contribution >= 4 is 15.9 Å². The fraction of sp³-hybridized carbons (Fsp3) is 0.917. The Kier molecular flexibility index (Phi) is 14.6. The molecular formula is C12H25NaO4S. The molecule has 0 radical (unpaired) electrons. The Balaban J connectivity index is -0.00000128. The van der Waals surface area contributed by atoms with Crippen molar-refractivity contribution in [2.45, 2.75) is 64.7 Å². The van der Waals surface area contributed by atoms with Crippen LogP contribution < -0.4 is 29.6 Å². The SMILES string of the molecule is CCCCCCCCCC(=O)CCS(=O)(=O)O.[H-].[Na+]. The summed E-state index contributed by atoms with van der Waals surface area (Å²) in [6.45, 7) is 2.17. The van der Waals surface area contributed by atoms with E-state index >= 15 is 0 Å². The van der Waals surface area contributed by atoms with Gasteiger partial charge in [-0.25, -0.2) is 0 Å². The average Bonchev–Trinajstić information content (AvgIpc) is 2.24. The van der Waals surface area contributed by atoms with Crippen molar-refractivity contribution in [2.24, 2.45) is 0 Å². The quantitative estimate of drug-likeness (QED) is 0.332. The molecular weight excluding hydrogens is 263 g/mol. The molecule has 0 atom stereocenters. The van der Waals surface area contributed by atoms with Crippen molar-refractivity contribution in [2.75, 3.05) is 5.75 Å². The summed E-state index contributed by atoms with van der Waals surface area (Å²) in [4.78, 5) is 11.2. The molecule has 0 aromatic rings. The van der Waals surface area contributed by atoms with Crippen LogP contribution in [0.5, 0.6) is 0 Å². The minimum atomic E-state index is -3.99. The number of carbonyl (C=O) groups is 1. The minimum Gasteiger partial charge on any atom is -1.00 e. The molecule has 6 heteroatoms. The van der Waals surface area contributed by atoms with Crippen LogP contribution in [-0.2, 0) is 14.9 Å². The van der Waals surface area contributed by atoms with Gasteiger partial charge in [-0.1, -0.05) is 45.4 Å². The summed E-state index contributed by atoms with van der Waals surface area (Å²) in [6.07, 6.45) is 8.35. The summed E-state index contributed by atoms with van der Waals surface area (Å²) in [7, 11) is -3.99. The van der Waals surface area contributed by atoms with E-state index in [0.29, 0.717) is 6.42 Å². The van der Waals surface area contributed by atoms with Crippen molar-refractivity contribution in [1.82, 2.24) is 0 Å². The number of hydrogen-bond donors (Lipinski definition) is 1. The molecule has 0 spiro atoms. The number of rotatable bonds is 11. The first-order valence-corrected chi connectivity index (χ1v) is 8.03.